The van der Waals surface area contributed by atoms with Crippen molar-refractivity contribution < 1.29 is 4.79 Å². The monoisotopic (exact) mass is 314 g/mol. The molecule has 1 aromatic carbocycles. The molecule has 3 nitrogen and oxygen atoms in total. The van der Waals surface area contributed by atoms with Crippen molar-refractivity contribution in [3.8, 4) is 0 Å². The SMILES string of the molecule is CC(C)CCC(C)NC(=O)CSc1cc(Cl)ccc1N. The van der Waals surface area contributed by atoms with Crippen molar-refractivity contribution in [3.05, 3.63) is 23.2 Å². The van der Waals surface area contributed by atoms with Crippen molar-refractivity contribution in [1.82, 2.24) is 5.32 Å². The maximum atomic E-state index is 11.9. The maximum Gasteiger partial charge on any atom is 0.230 e. The third-order valence-corrected chi connectivity index (χ3v) is 4.22. The second-order valence-electron chi connectivity index (χ2n) is 5.41. The molecule has 0 saturated carbocycles. The Hall–Kier alpha value is -0.870. The van der Waals surface area contributed by atoms with Gasteiger partial charge in [-0.3, -0.25) is 4.79 Å². The zero-order valence-corrected chi connectivity index (χ0v) is 13.9. The van der Waals surface area contributed by atoms with Gasteiger partial charge in [0, 0.05) is 21.6 Å². The third-order valence-electron chi connectivity index (χ3n) is 2.92. The number of hydrogen-bond donors (Lipinski definition) is 2. The first kappa shape index (κ1) is 17.2. The molecule has 0 radical (unpaired) electrons. The molecule has 5 heteroatoms. The van der Waals surface area contributed by atoms with Crippen LogP contribution in [0, 0.1) is 5.92 Å². The number of hydrogen-bond acceptors (Lipinski definition) is 3. The van der Waals surface area contributed by atoms with E-state index in [-0.39, 0.29) is 11.9 Å². The summed E-state index contributed by atoms with van der Waals surface area (Å²) in [5, 5.41) is 3.64. The van der Waals surface area contributed by atoms with Crippen LogP contribution in [0.1, 0.15) is 33.6 Å². The molecule has 0 bridgehead atoms. The first-order valence-corrected chi connectivity index (χ1v) is 8.22. The Bertz CT molecular complexity index is 451. The molecule has 1 aromatic rings. The van der Waals surface area contributed by atoms with Crippen molar-refractivity contribution >= 4 is 35.0 Å². The minimum atomic E-state index is 0.0330. The summed E-state index contributed by atoms with van der Waals surface area (Å²) in [4.78, 5) is 12.7. The molecular formula is C15H23ClN2OS. The first-order chi connectivity index (χ1) is 9.38. The average molecular weight is 315 g/mol. The molecule has 1 rings (SSSR count). The minimum Gasteiger partial charge on any atom is -0.398 e. The Morgan fingerprint density at radius 2 is 2.05 bits per heavy atom. The summed E-state index contributed by atoms with van der Waals surface area (Å²) in [7, 11) is 0. The molecule has 0 fully saturated rings. The summed E-state index contributed by atoms with van der Waals surface area (Å²) in [5.74, 6) is 1.05. The smallest absolute Gasteiger partial charge is 0.230 e. The highest BCUT2D eigenvalue weighted by Gasteiger charge is 2.10. The number of rotatable bonds is 7. The highest BCUT2D eigenvalue weighted by molar-refractivity contribution is 8.00. The van der Waals surface area contributed by atoms with Crippen molar-refractivity contribution in [3.63, 3.8) is 0 Å². The van der Waals surface area contributed by atoms with E-state index < -0.39 is 0 Å². The quantitative estimate of drug-likeness (QED) is 0.591. The molecule has 1 amide bonds. The summed E-state index contributed by atoms with van der Waals surface area (Å²) in [6, 6.07) is 5.50. The van der Waals surface area contributed by atoms with Crippen LogP contribution in [0.2, 0.25) is 5.02 Å². The number of thioether (sulfide) groups is 1. The molecule has 0 spiro atoms. The Kier molecular flexibility index (Phi) is 7.24. The van der Waals surface area contributed by atoms with E-state index in [0.717, 1.165) is 17.7 Å². The van der Waals surface area contributed by atoms with E-state index in [1.807, 2.05) is 6.92 Å². The molecule has 112 valence electrons. The topological polar surface area (TPSA) is 55.1 Å². The van der Waals surface area contributed by atoms with Crippen LogP contribution in [0.5, 0.6) is 0 Å². The van der Waals surface area contributed by atoms with Crippen LogP contribution in [-0.2, 0) is 4.79 Å². The molecular weight excluding hydrogens is 292 g/mol. The first-order valence-electron chi connectivity index (χ1n) is 6.85. The minimum absolute atomic E-state index is 0.0330. The summed E-state index contributed by atoms with van der Waals surface area (Å²) in [6.07, 6.45) is 2.13. The number of anilines is 1. The molecule has 0 aromatic heterocycles. The second kappa shape index (κ2) is 8.42. The van der Waals surface area contributed by atoms with Gasteiger partial charge in [-0.1, -0.05) is 25.4 Å². The van der Waals surface area contributed by atoms with Crippen LogP contribution in [0.3, 0.4) is 0 Å². The summed E-state index contributed by atoms with van der Waals surface area (Å²) in [6.45, 7) is 6.41. The van der Waals surface area contributed by atoms with Crippen LogP contribution in [-0.4, -0.2) is 17.7 Å². The lowest BCUT2D eigenvalue weighted by atomic mass is 10.0. The lowest BCUT2D eigenvalue weighted by Crippen LogP contribution is -2.34. The molecule has 0 saturated heterocycles. The van der Waals surface area contributed by atoms with Crippen LogP contribution in [0.4, 0.5) is 5.69 Å². The number of carbonyl (C=O) groups is 1. The van der Waals surface area contributed by atoms with Crippen LogP contribution in [0.15, 0.2) is 23.1 Å². The number of nitrogens with one attached hydrogen (secondary N) is 1. The Labute approximate surface area is 130 Å². The van der Waals surface area contributed by atoms with E-state index in [2.05, 4.69) is 19.2 Å². The lowest BCUT2D eigenvalue weighted by Gasteiger charge is -2.15. The molecule has 1 atom stereocenters. The highest BCUT2D eigenvalue weighted by atomic mass is 35.5. The van der Waals surface area contributed by atoms with Gasteiger partial charge in [0.15, 0.2) is 0 Å². The van der Waals surface area contributed by atoms with Crippen LogP contribution >= 0.6 is 23.4 Å². The number of carbonyl (C=O) groups excluding carboxylic acids is 1. The Morgan fingerprint density at radius 1 is 1.35 bits per heavy atom. The summed E-state index contributed by atoms with van der Waals surface area (Å²) < 4.78 is 0. The fourth-order valence-corrected chi connectivity index (χ4v) is 2.80. The number of nitrogen functional groups attached to an aromatic ring is 1. The Morgan fingerprint density at radius 3 is 2.70 bits per heavy atom. The third kappa shape index (κ3) is 6.53. The van der Waals surface area contributed by atoms with E-state index in [4.69, 9.17) is 17.3 Å². The van der Waals surface area contributed by atoms with Gasteiger partial charge in [-0.05, 0) is 43.9 Å². The average Bonchev–Trinajstić information content (AvgIpc) is 2.37. The largest absolute Gasteiger partial charge is 0.398 e. The number of benzene rings is 1. The molecule has 3 N–H and O–H groups in total. The molecule has 0 aliphatic heterocycles. The van der Waals surface area contributed by atoms with Gasteiger partial charge in [0.1, 0.15) is 0 Å². The van der Waals surface area contributed by atoms with Crippen LogP contribution < -0.4 is 11.1 Å². The molecule has 20 heavy (non-hydrogen) atoms. The maximum absolute atomic E-state index is 11.9. The highest BCUT2D eigenvalue weighted by Crippen LogP contribution is 2.27. The summed E-state index contributed by atoms with van der Waals surface area (Å²) >= 11 is 7.33. The van der Waals surface area contributed by atoms with Crippen molar-refractivity contribution in [2.75, 3.05) is 11.5 Å². The van der Waals surface area contributed by atoms with Crippen molar-refractivity contribution in [1.29, 1.82) is 0 Å². The zero-order chi connectivity index (χ0) is 15.1. The Balaban J connectivity index is 2.37. The van der Waals surface area contributed by atoms with Gasteiger partial charge in [0.05, 0.1) is 5.75 Å². The molecule has 1 unspecified atom stereocenters. The van der Waals surface area contributed by atoms with Gasteiger partial charge in [-0.25, -0.2) is 0 Å². The number of halogens is 1. The van der Waals surface area contributed by atoms with E-state index in [1.54, 1.807) is 18.2 Å². The predicted molar refractivity (Wildman–Crippen MR) is 88.3 cm³/mol. The van der Waals surface area contributed by atoms with Crippen molar-refractivity contribution in [2.45, 2.75) is 44.6 Å². The molecule has 0 aliphatic rings. The van der Waals surface area contributed by atoms with Crippen molar-refractivity contribution in [2.24, 2.45) is 5.92 Å². The number of amides is 1. The van der Waals surface area contributed by atoms with Gasteiger partial charge in [0.2, 0.25) is 5.91 Å². The number of nitrogens with two attached hydrogens (primary N) is 1. The molecule has 0 aliphatic carbocycles. The van der Waals surface area contributed by atoms with E-state index >= 15 is 0 Å². The fourth-order valence-electron chi connectivity index (χ4n) is 1.75. The van der Waals surface area contributed by atoms with Gasteiger partial charge >= 0.3 is 0 Å². The van der Waals surface area contributed by atoms with Gasteiger partial charge in [-0.15, -0.1) is 11.8 Å². The lowest BCUT2D eigenvalue weighted by molar-refractivity contribution is -0.119. The van der Waals surface area contributed by atoms with E-state index in [0.29, 0.717) is 22.4 Å². The van der Waals surface area contributed by atoms with Gasteiger partial charge in [-0.2, -0.15) is 0 Å². The molecule has 0 heterocycles. The van der Waals surface area contributed by atoms with Crippen LogP contribution in [0.25, 0.3) is 0 Å². The fraction of sp³-hybridized carbons (Fsp3) is 0.533. The van der Waals surface area contributed by atoms with E-state index in [9.17, 15) is 4.79 Å². The standard InChI is InChI=1S/C15H23ClN2OS/c1-10(2)4-5-11(3)18-15(19)9-20-14-8-12(16)6-7-13(14)17/h6-8,10-11H,4-5,9,17H2,1-3H3,(H,18,19). The predicted octanol–water partition coefficient (Wildman–Crippen LogP) is 3.96. The summed E-state index contributed by atoms with van der Waals surface area (Å²) in [5.41, 5.74) is 6.50. The van der Waals surface area contributed by atoms with E-state index in [1.165, 1.54) is 11.8 Å². The normalized spacial score (nSPS) is 12.4. The van der Waals surface area contributed by atoms with Gasteiger partial charge < -0.3 is 11.1 Å². The second-order valence-corrected chi connectivity index (χ2v) is 6.86. The van der Waals surface area contributed by atoms with Gasteiger partial charge in [0.25, 0.3) is 0 Å². The zero-order valence-electron chi connectivity index (χ0n) is 12.3.